The van der Waals surface area contributed by atoms with Gasteiger partial charge in [-0.05, 0) is 6.08 Å². The minimum absolute atomic E-state index is 0.0788. The van der Waals surface area contributed by atoms with E-state index in [1.807, 2.05) is 0 Å². The average Bonchev–Trinajstić information content (AvgIpc) is 3.01. The number of aromatic nitrogens is 4. The molecule has 0 amide bonds. The van der Waals surface area contributed by atoms with Crippen molar-refractivity contribution in [1.29, 1.82) is 0 Å². The van der Waals surface area contributed by atoms with Gasteiger partial charge in [-0.25, -0.2) is 23.7 Å². The molecule has 3 rings (SSSR count). The molecule has 3 atom stereocenters. The Bertz CT molecular complexity index is 824. The quantitative estimate of drug-likeness (QED) is 0.689. The highest BCUT2D eigenvalue weighted by molar-refractivity contribution is 7.55. The van der Waals surface area contributed by atoms with E-state index in [9.17, 15) is 13.3 Å². The molecular formula is C11H12F2N5O4P. The summed E-state index contributed by atoms with van der Waals surface area (Å²) >= 11 is 0. The third-order valence-corrected chi connectivity index (χ3v) is 3.93. The lowest BCUT2D eigenvalue weighted by atomic mass is 10.0. The fourth-order valence-corrected chi connectivity index (χ4v) is 2.69. The minimum Gasteiger partial charge on any atom is -0.382 e. The molecule has 0 radical (unpaired) electrons. The fraction of sp³-hybridized carbons (Fsp3) is 0.364. The van der Waals surface area contributed by atoms with E-state index in [4.69, 9.17) is 20.3 Å². The van der Waals surface area contributed by atoms with Gasteiger partial charge in [0.05, 0.1) is 12.9 Å². The van der Waals surface area contributed by atoms with Gasteiger partial charge in [-0.2, -0.15) is 0 Å². The number of ether oxygens (including phenoxy) is 1. The first kappa shape index (κ1) is 15.9. The number of nitrogen functional groups attached to an aromatic ring is 1. The molecule has 9 nitrogen and oxygen atoms in total. The van der Waals surface area contributed by atoms with Crippen LogP contribution < -0.4 is 5.73 Å². The number of fused-ring (bicyclic) bond motifs is 1. The number of nitrogens with two attached hydrogens (primary N) is 1. The average molecular weight is 347 g/mol. The second kappa shape index (κ2) is 5.31. The number of alkyl halides is 2. The van der Waals surface area contributed by atoms with Crippen LogP contribution in [0, 0.1) is 0 Å². The Balaban J connectivity index is 1.95. The van der Waals surface area contributed by atoms with Crippen LogP contribution >= 0.6 is 7.60 Å². The van der Waals surface area contributed by atoms with Gasteiger partial charge in [-0.3, -0.25) is 9.13 Å². The maximum atomic E-state index is 14.5. The summed E-state index contributed by atoms with van der Waals surface area (Å²) in [4.78, 5) is 29.1. The highest BCUT2D eigenvalue weighted by atomic mass is 31.2. The molecule has 124 valence electrons. The molecular weight excluding hydrogens is 335 g/mol. The van der Waals surface area contributed by atoms with Gasteiger partial charge in [-0.1, -0.05) is 0 Å². The summed E-state index contributed by atoms with van der Waals surface area (Å²) in [7, 11) is -4.61. The fourth-order valence-electron chi connectivity index (χ4n) is 2.25. The molecule has 0 aromatic carbocycles. The summed E-state index contributed by atoms with van der Waals surface area (Å²) < 4.78 is 46.1. The number of hydrogen-bond donors (Lipinski definition) is 3. The van der Waals surface area contributed by atoms with Crippen molar-refractivity contribution in [2.24, 2.45) is 0 Å². The van der Waals surface area contributed by atoms with Crippen LogP contribution in [0.15, 0.2) is 24.5 Å². The molecule has 23 heavy (non-hydrogen) atoms. The smallest absolute Gasteiger partial charge is 0.348 e. The van der Waals surface area contributed by atoms with Crippen molar-refractivity contribution in [3.63, 3.8) is 0 Å². The second-order valence-corrected chi connectivity index (χ2v) is 6.49. The predicted octanol–water partition coefficient (Wildman–Crippen LogP) is 0.675. The summed E-state index contributed by atoms with van der Waals surface area (Å²) in [6.07, 6.45) is -0.805. The van der Waals surface area contributed by atoms with Gasteiger partial charge in [0.15, 0.2) is 29.5 Å². The molecule has 12 heteroatoms. The topological polar surface area (TPSA) is 136 Å². The van der Waals surface area contributed by atoms with Crippen molar-refractivity contribution in [2.45, 2.75) is 18.1 Å². The first-order chi connectivity index (χ1) is 10.7. The van der Waals surface area contributed by atoms with Crippen molar-refractivity contribution < 1.29 is 27.9 Å². The number of hydrogen-bond acceptors (Lipinski definition) is 6. The van der Waals surface area contributed by atoms with Gasteiger partial charge < -0.3 is 20.3 Å². The molecule has 2 aromatic rings. The molecule has 2 aromatic heterocycles. The van der Waals surface area contributed by atoms with E-state index in [0.717, 1.165) is 10.9 Å². The zero-order chi connectivity index (χ0) is 16.8. The molecule has 3 heterocycles. The number of anilines is 1. The van der Waals surface area contributed by atoms with Gasteiger partial charge in [0.1, 0.15) is 11.8 Å². The molecule has 1 fully saturated rings. The van der Waals surface area contributed by atoms with Crippen LogP contribution in [0.2, 0.25) is 0 Å². The standard InChI is InChI=1S/C11H12F2N5O4P/c12-7-10(22-3-11(7,13)1-2-23(19,20)21)18-5-17-6-8(14)15-4-16-9(6)18/h1-2,4-5,7,10H,3H2,(H2,14,15,16)(H2,19,20,21)/t7-,10-,11-/m0/s1. The van der Waals surface area contributed by atoms with Crippen LogP contribution in [0.5, 0.6) is 0 Å². The lowest BCUT2D eigenvalue weighted by molar-refractivity contribution is 0.0238. The van der Waals surface area contributed by atoms with Gasteiger partial charge >= 0.3 is 7.60 Å². The third kappa shape index (κ3) is 2.83. The van der Waals surface area contributed by atoms with Crippen LogP contribution in [0.4, 0.5) is 14.6 Å². The Morgan fingerprint density at radius 3 is 2.91 bits per heavy atom. The third-order valence-electron chi connectivity index (χ3n) is 3.39. The van der Waals surface area contributed by atoms with E-state index in [0.29, 0.717) is 11.9 Å². The maximum Gasteiger partial charge on any atom is 0.348 e. The Morgan fingerprint density at radius 1 is 1.48 bits per heavy atom. The molecule has 1 saturated heterocycles. The van der Waals surface area contributed by atoms with E-state index in [2.05, 4.69) is 15.0 Å². The van der Waals surface area contributed by atoms with Crippen molar-refractivity contribution in [3.8, 4) is 0 Å². The number of imidazole rings is 1. The van der Waals surface area contributed by atoms with E-state index in [-0.39, 0.29) is 17.0 Å². The molecule has 1 aliphatic rings. The zero-order valence-corrected chi connectivity index (χ0v) is 12.3. The van der Waals surface area contributed by atoms with E-state index in [1.165, 1.54) is 6.33 Å². The lowest BCUT2D eigenvalue weighted by Crippen LogP contribution is -2.33. The monoisotopic (exact) mass is 347 g/mol. The highest BCUT2D eigenvalue weighted by Crippen LogP contribution is 2.43. The SMILES string of the molecule is Nc1ncnc2c1ncn2[C@H]1OC[C@@](F)(C=CP(=O)(O)O)[C@H]1F. The summed E-state index contributed by atoms with van der Waals surface area (Å²) in [5.74, 6) is 0.396. The van der Waals surface area contributed by atoms with Gasteiger partial charge in [-0.15, -0.1) is 0 Å². The largest absolute Gasteiger partial charge is 0.382 e. The molecule has 1 aliphatic heterocycles. The molecule has 0 spiro atoms. The molecule has 0 bridgehead atoms. The molecule has 4 N–H and O–H groups in total. The summed E-state index contributed by atoms with van der Waals surface area (Å²) in [5.41, 5.74) is 3.31. The number of rotatable bonds is 3. The van der Waals surface area contributed by atoms with Crippen LogP contribution in [0.1, 0.15) is 6.23 Å². The van der Waals surface area contributed by atoms with Crippen LogP contribution in [-0.4, -0.2) is 47.8 Å². The summed E-state index contributed by atoms with van der Waals surface area (Å²) in [6.45, 7) is -0.713. The molecule has 0 unspecified atom stereocenters. The summed E-state index contributed by atoms with van der Waals surface area (Å²) in [6, 6.07) is 0. The van der Waals surface area contributed by atoms with Gasteiger partial charge in [0, 0.05) is 5.82 Å². The predicted molar refractivity (Wildman–Crippen MR) is 74.6 cm³/mol. The highest BCUT2D eigenvalue weighted by Gasteiger charge is 2.51. The zero-order valence-electron chi connectivity index (χ0n) is 11.5. The molecule has 0 aliphatic carbocycles. The van der Waals surface area contributed by atoms with Gasteiger partial charge in [0.2, 0.25) is 0 Å². The first-order valence-electron chi connectivity index (χ1n) is 6.34. The Hall–Kier alpha value is -1.94. The van der Waals surface area contributed by atoms with E-state index >= 15 is 0 Å². The van der Waals surface area contributed by atoms with Crippen molar-refractivity contribution in [3.05, 3.63) is 24.5 Å². The van der Waals surface area contributed by atoms with Gasteiger partial charge in [0.25, 0.3) is 0 Å². The Morgan fingerprint density at radius 2 is 2.22 bits per heavy atom. The normalized spacial score (nSPS) is 28.9. The van der Waals surface area contributed by atoms with E-state index < -0.39 is 32.3 Å². The lowest BCUT2D eigenvalue weighted by Gasteiger charge is -2.19. The maximum absolute atomic E-state index is 14.5. The summed E-state index contributed by atoms with van der Waals surface area (Å²) in [5, 5.41) is 0. The van der Waals surface area contributed by atoms with Crippen LogP contribution in [0.25, 0.3) is 11.2 Å². The molecule has 0 saturated carbocycles. The number of halogens is 2. The minimum atomic E-state index is -4.61. The van der Waals surface area contributed by atoms with Crippen LogP contribution in [0.3, 0.4) is 0 Å². The second-order valence-electron chi connectivity index (χ2n) is 5.02. The number of nitrogens with zero attached hydrogens (tertiary/aromatic N) is 4. The Labute approximate surface area is 128 Å². The van der Waals surface area contributed by atoms with Crippen molar-refractivity contribution >= 4 is 24.6 Å². The first-order valence-corrected chi connectivity index (χ1v) is 8.03. The van der Waals surface area contributed by atoms with E-state index in [1.54, 1.807) is 0 Å². The van der Waals surface area contributed by atoms with Crippen molar-refractivity contribution in [2.75, 3.05) is 12.3 Å². The van der Waals surface area contributed by atoms with Crippen molar-refractivity contribution in [1.82, 2.24) is 19.5 Å². The Kier molecular flexibility index (Phi) is 3.68. The van der Waals surface area contributed by atoms with Crippen LogP contribution in [-0.2, 0) is 9.30 Å².